The molecule has 5 aromatic carbocycles. The maximum Gasteiger partial charge on any atom is 0.0989 e. The van der Waals surface area contributed by atoms with Crippen LogP contribution in [-0.4, -0.2) is 19.9 Å². The molecule has 0 amide bonds. The Bertz CT molecular complexity index is 2360. The molecule has 0 radical (unpaired) electrons. The van der Waals surface area contributed by atoms with E-state index in [0.29, 0.717) is 0 Å². The number of pyridine rings is 2. The minimum atomic E-state index is 0.793. The summed E-state index contributed by atoms with van der Waals surface area (Å²) in [5.41, 5.74) is 14.0. The molecule has 8 aromatic rings. The standard InChI is InChI=1S/C42H26N6/c1-5-13-35-27(9-1)17-18-28-10-2-6-14-36(28)47(35)31-23-33-39-40(44-22-21-43-39)34-24-32(26-46-42(34)41(33)45-25-31)48-37-15-7-3-11-29(37)19-20-30-12-4-8-16-38(30)48/h1-26H. The number of benzene rings is 5. The van der Waals surface area contributed by atoms with E-state index in [0.717, 1.165) is 89.2 Å². The van der Waals surface area contributed by atoms with E-state index in [1.807, 2.05) is 12.4 Å². The third kappa shape index (κ3) is 3.99. The van der Waals surface area contributed by atoms with Crippen LogP contribution in [0.15, 0.2) is 134 Å². The van der Waals surface area contributed by atoms with Crippen LogP contribution in [0.25, 0.3) is 57.1 Å². The van der Waals surface area contributed by atoms with Crippen molar-refractivity contribution in [3.05, 3.63) is 156 Å². The molecule has 2 aliphatic rings. The molecule has 0 bridgehead atoms. The van der Waals surface area contributed by atoms with E-state index in [1.165, 1.54) is 0 Å². The number of para-hydroxylation sites is 4. The maximum atomic E-state index is 5.12. The monoisotopic (exact) mass is 614 g/mol. The lowest BCUT2D eigenvalue weighted by Gasteiger charge is -2.27. The van der Waals surface area contributed by atoms with E-state index in [9.17, 15) is 0 Å². The molecule has 6 heteroatoms. The quantitative estimate of drug-likeness (QED) is 0.181. The summed E-state index contributed by atoms with van der Waals surface area (Å²) in [6.07, 6.45) is 16.1. The Balaban J connectivity index is 1.21. The Hall–Kier alpha value is -6.66. The summed E-state index contributed by atoms with van der Waals surface area (Å²) >= 11 is 0. The van der Waals surface area contributed by atoms with Gasteiger partial charge in [0.05, 0.1) is 68.6 Å². The topological polar surface area (TPSA) is 58.0 Å². The number of nitrogens with zero attached hydrogens (tertiary/aromatic N) is 6. The molecule has 224 valence electrons. The molecule has 0 aliphatic carbocycles. The van der Waals surface area contributed by atoms with Crippen molar-refractivity contribution in [1.29, 1.82) is 0 Å². The summed E-state index contributed by atoms with van der Waals surface area (Å²) in [6.45, 7) is 0. The summed E-state index contributed by atoms with van der Waals surface area (Å²) in [6, 6.07) is 38.2. The lowest BCUT2D eigenvalue weighted by atomic mass is 10.0. The summed E-state index contributed by atoms with van der Waals surface area (Å²) in [7, 11) is 0. The molecular weight excluding hydrogens is 589 g/mol. The third-order valence-electron chi connectivity index (χ3n) is 9.29. The van der Waals surface area contributed by atoms with E-state index in [4.69, 9.17) is 19.9 Å². The van der Waals surface area contributed by atoms with Crippen LogP contribution in [0.2, 0.25) is 0 Å². The molecule has 3 aromatic heterocycles. The first-order chi connectivity index (χ1) is 23.8. The van der Waals surface area contributed by atoms with Crippen LogP contribution in [0.4, 0.5) is 34.1 Å². The molecule has 48 heavy (non-hydrogen) atoms. The number of fused-ring (bicyclic) bond motifs is 10. The zero-order valence-electron chi connectivity index (χ0n) is 25.7. The molecule has 10 rings (SSSR count). The Kier molecular flexibility index (Phi) is 5.77. The lowest BCUT2D eigenvalue weighted by molar-refractivity contribution is 1.24. The first-order valence-electron chi connectivity index (χ1n) is 16.0. The minimum Gasteiger partial charge on any atom is -0.308 e. The van der Waals surface area contributed by atoms with Crippen LogP contribution in [0.5, 0.6) is 0 Å². The molecular formula is C42H26N6. The van der Waals surface area contributed by atoms with Crippen molar-refractivity contribution in [2.75, 3.05) is 9.80 Å². The first kappa shape index (κ1) is 26.5. The lowest BCUT2D eigenvalue weighted by Crippen LogP contribution is -2.12. The summed E-state index contributed by atoms with van der Waals surface area (Å²) < 4.78 is 0. The van der Waals surface area contributed by atoms with Gasteiger partial charge in [-0.1, -0.05) is 97.1 Å². The molecule has 0 N–H and O–H groups in total. The third-order valence-corrected chi connectivity index (χ3v) is 9.29. The largest absolute Gasteiger partial charge is 0.308 e. The van der Waals surface area contributed by atoms with Crippen molar-refractivity contribution in [2.24, 2.45) is 0 Å². The van der Waals surface area contributed by atoms with Crippen molar-refractivity contribution >= 4 is 91.3 Å². The Labute approximate surface area is 276 Å². The van der Waals surface area contributed by atoms with E-state index >= 15 is 0 Å². The summed E-state index contributed by atoms with van der Waals surface area (Å²) in [5, 5.41) is 1.82. The van der Waals surface area contributed by atoms with Gasteiger partial charge in [-0.15, -0.1) is 0 Å². The van der Waals surface area contributed by atoms with Gasteiger partial charge in [0, 0.05) is 23.2 Å². The summed E-state index contributed by atoms with van der Waals surface area (Å²) in [4.78, 5) is 24.6. The second kappa shape index (κ2) is 10.4. The minimum absolute atomic E-state index is 0.793. The second-order valence-electron chi connectivity index (χ2n) is 12.0. The van der Waals surface area contributed by atoms with Crippen molar-refractivity contribution in [3.8, 4) is 0 Å². The Morgan fingerprint density at radius 3 is 1.02 bits per heavy atom. The highest BCUT2D eigenvalue weighted by Gasteiger charge is 2.24. The van der Waals surface area contributed by atoms with Crippen molar-refractivity contribution < 1.29 is 0 Å². The van der Waals surface area contributed by atoms with Gasteiger partial charge in [-0.2, -0.15) is 0 Å². The Morgan fingerprint density at radius 2 is 0.667 bits per heavy atom. The van der Waals surface area contributed by atoms with Gasteiger partial charge in [-0.25, -0.2) is 0 Å². The number of aromatic nitrogens is 4. The normalized spacial score (nSPS) is 13.2. The highest BCUT2D eigenvalue weighted by molar-refractivity contribution is 6.21. The zero-order valence-corrected chi connectivity index (χ0v) is 25.7. The van der Waals surface area contributed by atoms with Gasteiger partial charge < -0.3 is 9.80 Å². The molecule has 2 aliphatic heterocycles. The number of hydrogen-bond donors (Lipinski definition) is 0. The van der Waals surface area contributed by atoms with E-state index < -0.39 is 0 Å². The fraction of sp³-hybridized carbons (Fsp3) is 0. The molecule has 0 saturated carbocycles. The van der Waals surface area contributed by atoms with Crippen LogP contribution in [0, 0.1) is 0 Å². The zero-order chi connectivity index (χ0) is 31.6. The SMILES string of the molecule is C1=Cc2ccccc2N(c2cnc3c(c2)c2nccnc2c2cc(N4c5ccccc5C=Cc5ccccc54)cnc23)c2ccccc21. The molecule has 0 saturated heterocycles. The Morgan fingerprint density at radius 1 is 0.354 bits per heavy atom. The van der Waals surface area contributed by atoms with Gasteiger partial charge in [0.2, 0.25) is 0 Å². The van der Waals surface area contributed by atoms with Crippen LogP contribution >= 0.6 is 0 Å². The summed E-state index contributed by atoms with van der Waals surface area (Å²) in [5.74, 6) is 0. The molecule has 0 spiro atoms. The average molecular weight is 615 g/mol. The number of rotatable bonds is 2. The van der Waals surface area contributed by atoms with E-state index in [-0.39, 0.29) is 0 Å². The number of hydrogen-bond acceptors (Lipinski definition) is 6. The predicted octanol–water partition coefficient (Wildman–Crippen LogP) is 10.6. The van der Waals surface area contributed by atoms with Crippen LogP contribution in [-0.2, 0) is 0 Å². The fourth-order valence-electron chi connectivity index (χ4n) is 7.13. The van der Waals surface area contributed by atoms with E-state index in [2.05, 4.69) is 143 Å². The molecule has 0 fully saturated rings. The number of anilines is 6. The van der Waals surface area contributed by atoms with Gasteiger partial charge in [0.25, 0.3) is 0 Å². The highest BCUT2D eigenvalue weighted by atomic mass is 15.2. The van der Waals surface area contributed by atoms with Crippen molar-refractivity contribution in [3.63, 3.8) is 0 Å². The fourth-order valence-corrected chi connectivity index (χ4v) is 7.13. The van der Waals surface area contributed by atoms with Crippen LogP contribution in [0.3, 0.4) is 0 Å². The van der Waals surface area contributed by atoms with Crippen molar-refractivity contribution in [2.45, 2.75) is 0 Å². The maximum absolute atomic E-state index is 5.12. The predicted molar refractivity (Wildman–Crippen MR) is 197 cm³/mol. The molecule has 0 unspecified atom stereocenters. The van der Waals surface area contributed by atoms with Crippen LogP contribution in [0.1, 0.15) is 22.3 Å². The average Bonchev–Trinajstić information content (AvgIpc) is 3.43. The van der Waals surface area contributed by atoms with Gasteiger partial charge in [0.1, 0.15) is 0 Å². The van der Waals surface area contributed by atoms with Gasteiger partial charge in [-0.05, 0) is 58.7 Å². The smallest absolute Gasteiger partial charge is 0.0989 e. The van der Waals surface area contributed by atoms with E-state index in [1.54, 1.807) is 12.4 Å². The second-order valence-corrected chi connectivity index (χ2v) is 12.0. The van der Waals surface area contributed by atoms with Crippen LogP contribution < -0.4 is 9.80 Å². The van der Waals surface area contributed by atoms with Gasteiger partial charge in [-0.3, -0.25) is 19.9 Å². The molecule has 0 atom stereocenters. The first-order valence-corrected chi connectivity index (χ1v) is 16.0. The van der Waals surface area contributed by atoms with Gasteiger partial charge in [0.15, 0.2) is 0 Å². The molecule has 5 heterocycles. The van der Waals surface area contributed by atoms with Crippen molar-refractivity contribution in [1.82, 2.24) is 19.9 Å². The molecule has 6 nitrogen and oxygen atoms in total. The highest BCUT2D eigenvalue weighted by Crippen LogP contribution is 2.45. The van der Waals surface area contributed by atoms with Gasteiger partial charge >= 0.3 is 0 Å².